The second-order valence-electron chi connectivity index (χ2n) is 10.3. The van der Waals surface area contributed by atoms with Crippen molar-refractivity contribution in [2.45, 2.75) is 25.0 Å². The Morgan fingerprint density at radius 3 is 2.50 bits per heavy atom. The van der Waals surface area contributed by atoms with E-state index in [1.807, 2.05) is 60.8 Å². The van der Waals surface area contributed by atoms with Gasteiger partial charge in [-0.1, -0.05) is 66.7 Å². The zero-order valence-electron chi connectivity index (χ0n) is 23.5. The fourth-order valence-corrected chi connectivity index (χ4v) is 5.27. The van der Waals surface area contributed by atoms with Gasteiger partial charge in [-0.2, -0.15) is 0 Å². The molecule has 1 aliphatic heterocycles. The Labute approximate surface area is 243 Å². The number of fused-ring (bicyclic) bond motifs is 1. The predicted molar refractivity (Wildman–Crippen MR) is 157 cm³/mol. The summed E-state index contributed by atoms with van der Waals surface area (Å²) in [5, 5.41) is 6.50. The van der Waals surface area contributed by atoms with Gasteiger partial charge in [-0.05, 0) is 23.3 Å². The quantitative estimate of drug-likeness (QED) is 0.272. The summed E-state index contributed by atoms with van der Waals surface area (Å²) in [5.74, 6) is -0.926. The van der Waals surface area contributed by atoms with Crippen LogP contribution in [0.2, 0.25) is 0 Å². The Morgan fingerprint density at radius 2 is 1.71 bits per heavy atom. The molecule has 10 nitrogen and oxygen atoms in total. The van der Waals surface area contributed by atoms with E-state index in [-0.39, 0.29) is 43.8 Å². The van der Waals surface area contributed by atoms with Crippen molar-refractivity contribution in [1.82, 2.24) is 25.4 Å². The lowest BCUT2D eigenvalue weighted by molar-refractivity contribution is -0.147. The predicted octanol–water partition coefficient (Wildman–Crippen LogP) is 2.56. The van der Waals surface area contributed by atoms with E-state index in [9.17, 15) is 19.2 Å². The molecule has 4 aromatic rings. The Morgan fingerprint density at radius 1 is 1.00 bits per heavy atom. The SMILES string of the molecule is COc1ccccc1CN(C)C(=O)C(Cc1c[nH]c2ccccc12)NC(=O)CN1CC(=O)NC(c2ccccc2)C1=O. The highest BCUT2D eigenvalue weighted by Gasteiger charge is 2.35. The highest BCUT2D eigenvalue weighted by Crippen LogP contribution is 2.22. The third-order valence-corrected chi connectivity index (χ3v) is 7.37. The van der Waals surface area contributed by atoms with Gasteiger partial charge in [-0.15, -0.1) is 0 Å². The van der Waals surface area contributed by atoms with Gasteiger partial charge in [0, 0.05) is 42.7 Å². The number of hydrogen-bond acceptors (Lipinski definition) is 5. The molecule has 216 valence electrons. The van der Waals surface area contributed by atoms with Crippen LogP contribution < -0.4 is 15.4 Å². The first kappa shape index (κ1) is 28.4. The van der Waals surface area contributed by atoms with Crippen LogP contribution in [0.25, 0.3) is 10.9 Å². The van der Waals surface area contributed by atoms with E-state index in [4.69, 9.17) is 4.74 Å². The Hall–Kier alpha value is -5.12. The minimum atomic E-state index is -0.921. The van der Waals surface area contributed by atoms with Gasteiger partial charge < -0.3 is 30.2 Å². The van der Waals surface area contributed by atoms with Crippen molar-refractivity contribution in [2.24, 2.45) is 0 Å². The fraction of sp³-hybridized carbons (Fsp3) is 0.250. The molecule has 0 radical (unpaired) electrons. The number of carbonyl (C=O) groups excluding carboxylic acids is 4. The van der Waals surface area contributed by atoms with E-state index in [1.165, 1.54) is 4.90 Å². The van der Waals surface area contributed by atoms with E-state index in [0.29, 0.717) is 11.3 Å². The van der Waals surface area contributed by atoms with Gasteiger partial charge in [-0.25, -0.2) is 0 Å². The number of carbonyl (C=O) groups is 4. The average molecular weight is 568 g/mol. The molecule has 1 fully saturated rings. The lowest BCUT2D eigenvalue weighted by atomic mass is 10.0. The maximum atomic E-state index is 13.8. The molecular formula is C32H33N5O5. The van der Waals surface area contributed by atoms with Crippen LogP contribution in [-0.2, 0) is 32.1 Å². The van der Waals surface area contributed by atoms with Gasteiger partial charge in [0.2, 0.25) is 17.7 Å². The Kier molecular flexibility index (Phi) is 8.52. The third-order valence-electron chi connectivity index (χ3n) is 7.37. The minimum Gasteiger partial charge on any atom is -0.496 e. The van der Waals surface area contributed by atoms with Crippen molar-refractivity contribution in [3.8, 4) is 5.75 Å². The van der Waals surface area contributed by atoms with Crippen LogP contribution in [0.15, 0.2) is 85.1 Å². The van der Waals surface area contributed by atoms with Crippen molar-refractivity contribution < 1.29 is 23.9 Å². The summed E-state index contributed by atoms with van der Waals surface area (Å²) in [5.41, 5.74) is 3.24. The van der Waals surface area contributed by atoms with Gasteiger partial charge in [0.05, 0.1) is 7.11 Å². The first-order valence-corrected chi connectivity index (χ1v) is 13.7. The van der Waals surface area contributed by atoms with Crippen LogP contribution in [0.5, 0.6) is 5.75 Å². The van der Waals surface area contributed by atoms with E-state index in [2.05, 4.69) is 15.6 Å². The lowest BCUT2D eigenvalue weighted by Crippen LogP contribution is -2.57. The normalized spacial score (nSPS) is 15.7. The van der Waals surface area contributed by atoms with Gasteiger partial charge in [0.25, 0.3) is 5.91 Å². The maximum Gasteiger partial charge on any atom is 0.250 e. The van der Waals surface area contributed by atoms with Gasteiger partial charge >= 0.3 is 0 Å². The molecule has 2 atom stereocenters. The second kappa shape index (κ2) is 12.6. The number of H-pyrrole nitrogens is 1. The fourth-order valence-electron chi connectivity index (χ4n) is 5.27. The number of nitrogens with zero attached hydrogens (tertiary/aromatic N) is 2. The molecule has 4 amide bonds. The van der Waals surface area contributed by atoms with Crippen LogP contribution in [0.1, 0.15) is 22.7 Å². The second-order valence-corrected chi connectivity index (χ2v) is 10.3. The third kappa shape index (κ3) is 6.27. The molecule has 2 unspecified atom stereocenters. The van der Waals surface area contributed by atoms with Crippen LogP contribution in [-0.4, -0.2) is 71.7 Å². The number of aromatic amines is 1. The molecule has 1 saturated heterocycles. The van der Waals surface area contributed by atoms with Crippen LogP contribution in [0.4, 0.5) is 0 Å². The molecule has 1 aliphatic rings. The number of amides is 4. The summed E-state index contributed by atoms with van der Waals surface area (Å²) < 4.78 is 5.45. The van der Waals surface area contributed by atoms with Gasteiger partial charge in [0.15, 0.2) is 0 Å². The van der Waals surface area contributed by atoms with E-state index >= 15 is 0 Å². The largest absolute Gasteiger partial charge is 0.496 e. The maximum absolute atomic E-state index is 13.8. The van der Waals surface area contributed by atoms with Crippen LogP contribution >= 0.6 is 0 Å². The Bertz CT molecular complexity index is 1600. The van der Waals surface area contributed by atoms with Crippen molar-refractivity contribution in [3.05, 3.63) is 102 Å². The molecule has 0 spiro atoms. The smallest absolute Gasteiger partial charge is 0.250 e. The number of methoxy groups -OCH3 is 1. The molecule has 1 aromatic heterocycles. The zero-order valence-corrected chi connectivity index (χ0v) is 23.5. The number of benzene rings is 3. The van der Waals surface area contributed by atoms with Gasteiger partial charge in [-0.3, -0.25) is 19.2 Å². The first-order chi connectivity index (χ1) is 20.3. The molecule has 3 aromatic carbocycles. The highest BCUT2D eigenvalue weighted by molar-refractivity contribution is 5.98. The zero-order chi connectivity index (χ0) is 29.6. The molecule has 42 heavy (non-hydrogen) atoms. The monoisotopic (exact) mass is 567 g/mol. The summed E-state index contributed by atoms with van der Waals surface area (Å²) in [6.45, 7) is -0.333. The van der Waals surface area contributed by atoms with E-state index < -0.39 is 18.0 Å². The topological polar surface area (TPSA) is 124 Å². The Balaban J connectivity index is 1.35. The van der Waals surface area contributed by atoms with Crippen molar-refractivity contribution in [1.29, 1.82) is 0 Å². The molecule has 0 aliphatic carbocycles. The summed E-state index contributed by atoms with van der Waals surface area (Å²) in [7, 11) is 3.25. The lowest BCUT2D eigenvalue weighted by Gasteiger charge is -2.33. The van der Waals surface area contributed by atoms with Crippen LogP contribution in [0.3, 0.4) is 0 Å². The summed E-state index contributed by atoms with van der Waals surface area (Å²) in [4.78, 5) is 58.8. The molecular weight excluding hydrogens is 534 g/mol. The summed E-state index contributed by atoms with van der Waals surface area (Å²) in [6.07, 6.45) is 2.06. The number of nitrogens with one attached hydrogen (secondary N) is 3. The van der Waals surface area contributed by atoms with Crippen molar-refractivity contribution >= 4 is 34.5 Å². The number of para-hydroxylation sites is 2. The highest BCUT2D eigenvalue weighted by atomic mass is 16.5. The summed E-state index contributed by atoms with van der Waals surface area (Å²) in [6, 6.07) is 22.2. The van der Waals surface area contributed by atoms with Gasteiger partial charge in [0.1, 0.15) is 30.9 Å². The van der Waals surface area contributed by atoms with Crippen LogP contribution in [0, 0.1) is 0 Å². The number of hydrogen-bond donors (Lipinski definition) is 3. The number of aromatic nitrogens is 1. The standard InChI is InChI=1S/C32H33N5O5/c1-36(18-22-12-6-9-15-27(22)42-2)31(40)26(16-23-17-33-25-14-8-7-13-24(23)25)34-28(38)19-37-20-29(39)35-30(32(37)41)21-10-4-3-5-11-21/h3-15,17,26,30,33H,16,18-20H2,1-2H3,(H,34,38)(H,35,39). The number of rotatable bonds is 10. The van der Waals surface area contributed by atoms with Crippen molar-refractivity contribution in [2.75, 3.05) is 27.2 Å². The van der Waals surface area contributed by atoms with E-state index in [1.54, 1.807) is 43.3 Å². The van der Waals surface area contributed by atoms with Crippen molar-refractivity contribution in [3.63, 3.8) is 0 Å². The minimum absolute atomic E-state index is 0.228. The first-order valence-electron chi connectivity index (χ1n) is 13.7. The average Bonchev–Trinajstić information content (AvgIpc) is 3.41. The molecule has 0 bridgehead atoms. The molecule has 3 N–H and O–H groups in total. The molecule has 0 saturated carbocycles. The molecule has 10 heteroatoms. The number of likely N-dealkylation sites (N-methyl/N-ethyl adjacent to an activating group) is 1. The summed E-state index contributed by atoms with van der Waals surface area (Å²) >= 11 is 0. The molecule has 5 rings (SSSR count). The number of piperazine rings is 1. The number of ether oxygens (including phenoxy) is 1. The molecule has 2 heterocycles. The van der Waals surface area contributed by atoms with E-state index in [0.717, 1.165) is 22.0 Å².